The second kappa shape index (κ2) is 7.34. The van der Waals surface area contributed by atoms with Gasteiger partial charge in [-0.2, -0.15) is 0 Å². The standard InChI is InChI=1S/C17H27NO2/c1-13(8-7-11-18-17(2,3)4)14-9-10-15(19-5)16(12-14)20-6/h8-10,12,18H,7,11H2,1-6H3. The van der Waals surface area contributed by atoms with Crippen LogP contribution in [0, 0.1) is 0 Å². The highest BCUT2D eigenvalue weighted by atomic mass is 16.5. The maximum absolute atomic E-state index is 5.33. The Kier molecular flexibility index (Phi) is 6.08. The van der Waals surface area contributed by atoms with E-state index in [0.717, 1.165) is 24.5 Å². The van der Waals surface area contributed by atoms with Crippen LogP contribution in [0.15, 0.2) is 24.3 Å². The van der Waals surface area contributed by atoms with Crippen molar-refractivity contribution in [1.29, 1.82) is 0 Å². The molecule has 0 atom stereocenters. The summed E-state index contributed by atoms with van der Waals surface area (Å²) in [4.78, 5) is 0. The maximum atomic E-state index is 5.33. The van der Waals surface area contributed by atoms with Gasteiger partial charge in [0.15, 0.2) is 11.5 Å². The lowest BCUT2D eigenvalue weighted by Crippen LogP contribution is -2.36. The van der Waals surface area contributed by atoms with Crippen LogP contribution in [0.3, 0.4) is 0 Å². The van der Waals surface area contributed by atoms with Crippen molar-refractivity contribution in [3.05, 3.63) is 29.8 Å². The number of ether oxygens (including phenoxy) is 2. The molecule has 20 heavy (non-hydrogen) atoms. The molecule has 0 saturated heterocycles. The van der Waals surface area contributed by atoms with Crippen LogP contribution in [0.25, 0.3) is 5.57 Å². The number of allylic oxidation sites excluding steroid dienone is 1. The monoisotopic (exact) mass is 277 g/mol. The first-order chi connectivity index (χ1) is 9.37. The van der Waals surface area contributed by atoms with Gasteiger partial charge in [0.2, 0.25) is 0 Å². The second-order valence-electron chi connectivity index (χ2n) is 5.92. The molecule has 0 aliphatic carbocycles. The average Bonchev–Trinajstić information content (AvgIpc) is 2.41. The fourth-order valence-electron chi connectivity index (χ4n) is 1.94. The number of methoxy groups -OCH3 is 2. The van der Waals surface area contributed by atoms with Gasteiger partial charge in [0.25, 0.3) is 0 Å². The van der Waals surface area contributed by atoms with E-state index in [9.17, 15) is 0 Å². The van der Waals surface area contributed by atoms with Gasteiger partial charge >= 0.3 is 0 Å². The van der Waals surface area contributed by atoms with Crippen LogP contribution in [0.5, 0.6) is 11.5 Å². The molecule has 0 aliphatic heterocycles. The van der Waals surface area contributed by atoms with E-state index in [2.05, 4.69) is 45.2 Å². The molecular formula is C17H27NO2. The van der Waals surface area contributed by atoms with Crippen molar-refractivity contribution in [3.63, 3.8) is 0 Å². The molecule has 1 N–H and O–H groups in total. The molecule has 0 unspecified atom stereocenters. The van der Waals surface area contributed by atoms with E-state index in [1.807, 2.05) is 12.1 Å². The van der Waals surface area contributed by atoms with Crippen molar-refractivity contribution in [3.8, 4) is 11.5 Å². The van der Waals surface area contributed by atoms with Crippen molar-refractivity contribution < 1.29 is 9.47 Å². The molecule has 0 radical (unpaired) electrons. The lowest BCUT2D eigenvalue weighted by Gasteiger charge is -2.19. The van der Waals surface area contributed by atoms with E-state index in [4.69, 9.17) is 9.47 Å². The van der Waals surface area contributed by atoms with E-state index in [1.54, 1.807) is 14.2 Å². The molecule has 0 aliphatic rings. The Balaban J connectivity index is 2.69. The molecule has 0 heterocycles. The Bertz CT molecular complexity index is 459. The summed E-state index contributed by atoms with van der Waals surface area (Å²) in [7, 11) is 3.31. The van der Waals surface area contributed by atoms with E-state index < -0.39 is 0 Å². The van der Waals surface area contributed by atoms with Gasteiger partial charge in [0.1, 0.15) is 0 Å². The Labute approximate surface area is 123 Å². The van der Waals surface area contributed by atoms with Crippen molar-refractivity contribution in [2.24, 2.45) is 0 Å². The third-order valence-corrected chi connectivity index (χ3v) is 3.09. The summed E-state index contributed by atoms with van der Waals surface area (Å²) in [5.74, 6) is 1.53. The van der Waals surface area contributed by atoms with Crippen LogP contribution in [-0.2, 0) is 0 Å². The number of hydrogen-bond acceptors (Lipinski definition) is 3. The first kappa shape index (κ1) is 16.6. The third-order valence-electron chi connectivity index (χ3n) is 3.09. The molecule has 3 heteroatoms. The van der Waals surface area contributed by atoms with Crippen molar-refractivity contribution in [2.75, 3.05) is 20.8 Å². The lowest BCUT2D eigenvalue weighted by molar-refractivity contribution is 0.355. The minimum absolute atomic E-state index is 0.172. The molecule has 0 fully saturated rings. The lowest BCUT2D eigenvalue weighted by atomic mass is 10.1. The molecular weight excluding hydrogens is 250 g/mol. The summed E-state index contributed by atoms with van der Waals surface area (Å²) in [6, 6.07) is 6.02. The molecule has 112 valence electrons. The molecule has 0 bridgehead atoms. The highest BCUT2D eigenvalue weighted by Crippen LogP contribution is 2.30. The summed E-state index contributed by atoms with van der Waals surface area (Å²) < 4.78 is 10.6. The summed E-state index contributed by atoms with van der Waals surface area (Å²) in [6.07, 6.45) is 3.26. The van der Waals surface area contributed by atoms with Gasteiger partial charge < -0.3 is 14.8 Å². The van der Waals surface area contributed by atoms with Crippen LogP contribution < -0.4 is 14.8 Å². The smallest absolute Gasteiger partial charge is 0.161 e. The van der Waals surface area contributed by atoms with Gasteiger partial charge in [-0.3, -0.25) is 0 Å². The van der Waals surface area contributed by atoms with E-state index >= 15 is 0 Å². The molecule has 1 aromatic rings. The predicted molar refractivity (Wildman–Crippen MR) is 85.6 cm³/mol. The van der Waals surface area contributed by atoms with Crippen molar-refractivity contribution >= 4 is 5.57 Å². The summed E-state index contributed by atoms with van der Waals surface area (Å²) in [5.41, 5.74) is 2.59. The summed E-state index contributed by atoms with van der Waals surface area (Å²) >= 11 is 0. The number of rotatable bonds is 6. The van der Waals surface area contributed by atoms with Crippen LogP contribution >= 0.6 is 0 Å². The van der Waals surface area contributed by atoms with Gasteiger partial charge in [0.05, 0.1) is 14.2 Å². The minimum Gasteiger partial charge on any atom is -0.493 e. The van der Waals surface area contributed by atoms with Gasteiger partial charge in [-0.15, -0.1) is 0 Å². The Morgan fingerprint density at radius 2 is 1.80 bits per heavy atom. The fraction of sp³-hybridized carbons (Fsp3) is 0.529. The van der Waals surface area contributed by atoms with Crippen LogP contribution in [0.1, 0.15) is 39.7 Å². The van der Waals surface area contributed by atoms with Crippen LogP contribution in [0.2, 0.25) is 0 Å². The Morgan fingerprint density at radius 3 is 2.35 bits per heavy atom. The predicted octanol–water partition coefficient (Wildman–Crippen LogP) is 3.89. The quantitative estimate of drug-likeness (QED) is 0.800. The van der Waals surface area contributed by atoms with Gasteiger partial charge in [-0.25, -0.2) is 0 Å². The number of nitrogens with one attached hydrogen (secondary N) is 1. The van der Waals surface area contributed by atoms with Gasteiger partial charge in [-0.05, 0) is 63.9 Å². The van der Waals surface area contributed by atoms with Crippen LogP contribution in [0.4, 0.5) is 0 Å². The topological polar surface area (TPSA) is 30.5 Å². The van der Waals surface area contributed by atoms with Crippen LogP contribution in [-0.4, -0.2) is 26.3 Å². The van der Waals surface area contributed by atoms with E-state index in [-0.39, 0.29) is 5.54 Å². The maximum Gasteiger partial charge on any atom is 0.161 e. The highest BCUT2D eigenvalue weighted by molar-refractivity contribution is 5.66. The van der Waals surface area contributed by atoms with Gasteiger partial charge in [-0.1, -0.05) is 12.1 Å². The Hall–Kier alpha value is -1.48. The molecule has 0 spiro atoms. The molecule has 1 aromatic carbocycles. The SMILES string of the molecule is COc1ccc(C(C)=CCCNC(C)(C)C)cc1OC. The molecule has 0 amide bonds. The second-order valence-corrected chi connectivity index (χ2v) is 5.92. The normalized spacial score (nSPS) is 12.4. The zero-order valence-electron chi connectivity index (χ0n) is 13.5. The first-order valence-electron chi connectivity index (χ1n) is 7.01. The molecule has 0 saturated carbocycles. The van der Waals surface area contributed by atoms with Crippen molar-refractivity contribution in [1.82, 2.24) is 5.32 Å². The zero-order valence-corrected chi connectivity index (χ0v) is 13.5. The highest BCUT2D eigenvalue weighted by Gasteiger charge is 2.07. The fourth-order valence-corrected chi connectivity index (χ4v) is 1.94. The molecule has 3 nitrogen and oxygen atoms in total. The van der Waals surface area contributed by atoms with E-state index in [0.29, 0.717) is 0 Å². The number of benzene rings is 1. The zero-order chi connectivity index (χ0) is 15.2. The number of hydrogen-bond donors (Lipinski definition) is 1. The molecule has 0 aromatic heterocycles. The summed E-state index contributed by atoms with van der Waals surface area (Å²) in [5, 5.41) is 3.48. The Morgan fingerprint density at radius 1 is 1.15 bits per heavy atom. The largest absolute Gasteiger partial charge is 0.493 e. The van der Waals surface area contributed by atoms with E-state index in [1.165, 1.54) is 11.1 Å². The average molecular weight is 277 g/mol. The van der Waals surface area contributed by atoms with Gasteiger partial charge in [0, 0.05) is 5.54 Å². The first-order valence-corrected chi connectivity index (χ1v) is 7.01. The van der Waals surface area contributed by atoms with Crippen molar-refractivity contribution in [2.45, 2.75) is 39.7 Å². The third kappa shape index (κ3) is 5.25. The minimum atomic E-state index is 0.172. The molecule has 1 rings (SSSR count). The summed E-state index contributed by atoms with van der Waals surface area (Å²) in [6.45, 7) is 9.64.